The molecule has 0 spiro atoms. The molecule has 0 rings (SSSR count). The number of rotatable bonds is 16. The Morgan fingerprint density at radius 2 is 1.05 bits per heavy atom. The average Bonchev–Trinajstić information content (AvgIpc) is 2.43. The summed E-state index contributed by atoms with van der Waals surface area (Å²) >= 11 is 0. The maximum atomic E-state index is 8.45. The van der Waals surface area contributed by atoms with Crippen LogP contribution in [0.5, 0.6) is 0 Å². The van der Waals surface area contributed by atoms with Crippen LogP contribution in [-0.4, -0.2) is 83.0 Å². The Bertz CT molecular complexity index is 146. The van der Waals surface area contributed by atoms with Crippen molar-refractivity contribution in [2.75, 3.05) is 72.8 Å². The number of ether oxygens (including phenoxy) is 4. The number of nitrogens with one attached hydrogen (secondary N) is 1. The minimum atomic E-state index is 0.0202. The van der Waals surface area contributed by atoms with Gasteiger partial charge in [-0.1, -0.05) is 0 Å². The van der Waals surface area contributed by atoms with Gasteiger partial charge in [-0.15, -0.1) is 0 Å². The fourth-order valence-corrected chi connectivity index (χ4v) is 0.999. The maximum absolute atomic E-state index is 8.45. The molecule has 19 heavy (non-hydrogen) atoms. The predicted octanol–water partition coefficient (Wildman–Crippen LogP) is -1.48. The molecule has 0 atom stereocenters. The zero-order chi connectivity index (χ0) is 14.0. The first-order valence-corrected chi connectivity index (χ1v) is 6.29. The molecular weight excluding hydrogens is 258 g/mol. The zero-order valence-electron chi connectivity index (χ0n) is 11.2. The van der Waals surface area contributed by atoms with Crippen LogP contribution in [0.4, 0.5) is 0 Å². The van der Waals surface area contributed by atoms with E-state index in [1.165, 1.54) is 0 Å². The normalized spacial score (nSPS) is 11.1. The Hall–Kier alpha value is -0.320. The smallest absolute Gasteiger partial charge is 0.119 e. The van der Waals surface area contributed by atoms with Gasteiger partial charge in [0.1, 0.15) is 6.73 Å². The molecule has 0 aromatic heterocycles. The van der Waals surface area contributed by atoms with Crippen LogP contribution < -0.4 is 5.48 Å². The van der Waals surface area contributed by atoms with Crippen LogP contribution in [0, 0.1) is 0 Å². The number of hydrogen-bond acceptors (Lipinski definition) is 8. The second-order valence-corrected chi connectivity index (χ2v) is 3.33. The van der Waals surface area contributed by atoms with Gasteiger partial charge in [-0.2, -0.15) is 5.48 Å². The minimum absolute atomic E-state index is 0.0202. The molecule has 0 saturated carbocycles. The molecule has 0 saturated heterocycles. The van der Waals surface area contributed by atoms with E-state index in [4.69, 9.17) is 34.0 Å². The van der Waals surface area contributed by atoms with Gasteiger partial charge in [0, 0.05) is 0 Å². The van der Waals surface area contributed by atoms with Crippen LogP contribution in [0.15, 0.2) is 0 Å². The largest absolute Gasteiger partial charge is 0.394 e. The van der Waals surface area contributed by atoms with Crippen molar-refractivity contribution in [3.63, 3.8) is 0 Å². The molecule has 0 aliphatic carbocycles. The SMILES string of the molecule is OCCOCCOCCONCOCCOCCO. The molecule has 0 unspecified atom stereocenters. The summed E-state index contributed by atoms with van der Waals surface area (Å²) < 4.78 is 20.3. The molecule has 0 radical (unpaired) electrons. The quantitative estimate of drug-likeness (QED) is 0.179. The Morgan fingerprint density at radius 3 is 1.63 bits per heavy atom. The molecule has 8 heteroatoms. The Balaban J connectivity index is 2.88. The molecule has 0 aromatic rings. The van der Waals surface area contributed by atoms with E-state index in [0.717, 1.165) is 0 Å². The van der Waals surface area contributed by atoms with Gasteiger partial charge in [0.15, 0.2) is 0 Å². The molecule has 0 amide bonds. The highest BCUT2D eigenvalue weighted by Crippen LogP contribution is 1.80. The number of hydroxylamine groups is 1. The first-order chi connectivity index (χ1) is 9.41. The number of aliphatic hydroxyl groups is 2. The summed E-state index contributed by atoms with van der Waals surface area (Å²) in [5.74, 6) is 0. The van der Waals surface area contributed by atoms with Gasteiger partial charge in [0.2, 0.25) is 0 Å². The lowest BCUT2D eigenvalue weighted by atomic mass is 10.7. The van der Waals surface area contributed by atoms with Crippen LogP contribution in [-0.2, 0) is 23.8 Å². The zero-order valence-corrected chi connectivity index (χ0v) is 11.2. The third-order valence-electron chi connectivity index (χ3n) is 1.81. The Morgan fingerprint density at radius 1 is 0.579 bits per heavy atom. The van der Waals surface area contributed by atoms with Crippen LogP contribution in [0.3, 0.4) is 0 Å². The molecule has 0 bridgehead atoms. The van der Waals surface area contributed by atoms with Crippen LogP contribution >= 0.6 is 0 Å². The van der Waals surface area contributed by atoms with Crippen molar-refractivity contribution in [2.45, 2.75) is 0 Å². The van der Waals surface area contributed by atoms with E-state index in [-0.39, 0.29) is 19.9 Å². The van der Waals surface area contributed by atoms with E-state index in [9.17, 15) is 0 Å². The number of aliphatic hydroxyl groups excluding tert-OH is 2. The van der Waals surface area contributed by atoms with Crippen molar-refractivity contribution in [3.05, 3.63) is 0 Å². The van der Waals surface area contributed by atoms with Gasteiger partial charge < -0.3 is 29.2 Å². The first-order valence-electron chi connectivity index (χ1n) is 6.29. The topological polar surface area (TPSA) is 98.6 Å². The van der Waals surface area contributed by atoms with E-state index < -0.39 is 0 Å². The van der Waals surface area contributed by atoms with Crippen molar-refractivity contribution < 1.29 is 34.0 Å². The third-order valence-corrected chi connectivity index (χ3v) is 1.81. The van der Waals surface area contributed by atoms with E-state index in [0.29, 0.717) is 52.9 Å². The highest BCUT2D eigenvalue weighted by Gasteiger charge is 1.92. The molecule has 116 valence electrons. The summed E-state index contributed by atoms with van der Waals surface area (Å²) in [6, 6.07) is 0. The molecule has 0 aliphatic rings. The molecule has 0 aromatic carbocycles. The molecule has 8 nitrogen and oxygen atoms in total. The summed E-state index contributed by atoms with van der Waals surface area (Å²) in [6.45, 7) is 3.65. The van der Waals surface area contributed by atoms with E-state index in [2.05, 4.69) is 5.48 Å². The summed E-state index contributed by atoms with van der Waals surface area (Å²) in [6.07, 6.45) is 0. The second kappa shape index (κ2) is 17.7. The lowest BCUT2D eigenvalue weighted by Gasteiger charge is -2.08. The van der Waals surface area contributed by atoms with E-state index >= 15 is 0 Å². The van der Waals surface area contributed by atoms with Crippen molar-refractivity contribution >= 4 is 0 Å². The highest BCUT2D eigenvalue weighted by molar-refractivity contribution is 4.32. The van der Waals surface area contributed by atoms with Crippen molar-refractivity contribution in [1.29, 1.82) is 0 Å². The summed E-state index contributed by atoms with van der Waals surface area (Å²) in [4.78, 5) is 5.03. The molecule has 3 N–H and O–H groups in total. The maximum Gasteiger partial charge on any atom is 0.119 e. The molecule has 0 fully saturated rings. The van der Waals surface area contributed by atoms with Gasteiger partial charge in [0.25, 0.3) is 0 Å². The lowest BCUT2D eigenvalue weighted by molar-refractivity contribution is -0.0658. The van der Waals surface area contributed by atoms with Crippen molar-refractivity contribution in [2.24, 2.45) is 0 Å². The Labute approximate surface area is 113 Å². The predicted molar refractivity (Wildman–Crippen MR) is 66.5 cm³/mol. The van der Waals surface area contributed by atoms with Crippen LogP contribution in [0.25, 0.3) is 0 Å². The third kappa shape index (κ3) is 17.7. The van der Waals surface area contributed by atoms with Crippen molar-refractivity contribution in [3.8, 4) is 0 Å². The Kier molecular flexibility index (Phi) is 17.4. The van der Waals surface area contributed by atoms with Crippen molar-refractivity contribution in [1.82, 2.24) is 5.48 Å². The average molecular weight is 283 g/mol. The van der Waals surface area contributed by atoms with Crippen LogP contribution in [0.1, 0.15) is 0 Å². The van der Waals surface area contributed by atoms with Gasteiger partial charge in [-0.3, -0.25) is 4.84 Å². The highest BCUT2D eigenvalue weighted by atomic mass is 16.7. The molecule has 0 aliphatic heterocycles. The lowest BCUT2D eigenvalue weighted by Crippen LogP contribution is -2.22. The summed E-state index contributed by atoms with van der Waals surface area (Å²) in [7, 11) is 0. The first kappa shape index (κ1) is 18.7. The van der Waals surface area contributed by atoms with Crippen LogP contribution in [0.2, 0.25) is 0 Å². The van der Waals surface area contributed by atoms with Gasteiger partial charge >= 0.3 is 0 Å². The van der Waals surface area contributed by atoms with Gasteiger partial charge in [0.05, 0.1) is 66.1 Å². The van der Waals surface area contributed by atoms with Gasteiger partial charge in [-0.25, -0.2) is 0 Å². The monoisotopic (exact) mass is 283 g/mol. The fourth-order valence-electron chi connectivity index (χ4n) is 0.999. The molecular formula is C11H25NO7. The van der Waals surface area contributed by atoms with E-state index in [1.54, 1.807) is 0 Å². The van der Waals surface area contributed by atoms with E-state index in [1.807, 2.05) is 0 Å². The second-order valence-electron chi connectivity index (χ2n) is 3.33. The molecule has 0 heterocycles. The number of hydrogen-bond donors (Lipinski definition) is 3. The summed E-state index contributed by atoms with van der Waals surface area (Å²) in [5, 5.41) is 16.9. The fraction of sp³-hybridized carbons (Fsp3) is 1.00. The van der Waals surface area contributed by atoms with Gasteiger partial charge in [-0.05, 0) is 0 Å². The standard InChI is InChI=1S/C11H25NO7/c13-1-3-15-5-6-17-9-10-19-12-11-18-8-7-16-4-2-14/h12-14H,1-11H2. The minimum Gasteiger partial charge on any atom is -0.394 e. The summed E-state index contributed by atoms with van der Waals surface area (Å²) in [5.41, 5.74) is 2.62.